The number of hydrogen-bond acceptors (Lipinski definition) is 6. The first kappa shape index (κ1) is 19.8. The summed E-state index contributed by atoms with van der Waals surface area (Å²) in [5, 5.41) is 2.88. The van der Waals surface area contributed by atoms with Crippen LogP contribution in [0.3, 0.4) is 0 Å². The molecule has 0 aromatic carbocycles. The number of carbonyl (C=O) groups is 3. The van der Waals surface area contributed by atoms with Crippen molar-refractivity contribution in [2.75, 3.05) is 36.1 Å². The van der Waals surface area contributed by atoms with E-state index in [0.717, 1.165) is 0 Å². The lowest BCUT2D eigenvalue weighted by Crippen LogP contribution is -2.42. The van der Waals surface area contributed by atoms with Gasteiger partial charge in [0.1, 0.15) is 12.4 Å². The Balaban J connectivity index is 1.46. The summed E-state index contributed by atoms with van der Waals surface area (Å²) >= 11 is 7.07. The number of rotatable bonds is 4. The van der Waals surface area contributed by atoms with Crippen molar-refractivity contribution in [3.63, 3.8) is 0 Å². The molecule has 0 unspecified atom stereocenters. The van der Waals surface area contributed by atoms with Gasteiger partial charge in [0.2, 0.25) is 5.91 Å². The Morgan fingerprint density at radius 1 is 1.24 bits per heavy atom. The molecule has 2 fully saturated rings. The second kappa shape index (κ2) is 8.10. The molecule has 4 heterocycles. The van der Waals surface area contributed by atoms with E-state index < -0.39 is 0 Å². The average molecular weight is 435 g/mol. The molecule has 1 atom stereocenters. The molecular weight excluding hydrogens is 416 g/mol. The third kappa shape index (κ3) is 4.12. The Morgan fingerprint density at radius 2 is 2.07 bits per heavy atom. The molecule has 8 nitrogen and oxygen atoms in total. The zero-order valence-electron chi connectivity index (χ0n) is 15.7. The van der Waals surface area contributed by atoms with Crippen molar-refractivity contribution in [2.24, 2.45) is 0 Å². The van der Waals surface area contributed by atoms with Crippen LogP contribution in [0, 0.1) is 6.92 Å². The first-order valence-electron chi connectivity index (χ1n) is 9.14. The number of nitrogens with one attached hydrogen (secondary N) is 1. The van der Waals surface area contributed by atoms with Gasteiger partial charge in [0, 0.05) is 19.5 Å². The van der Waals surface area contributed by atoms with Gasteiger partial charge in [-0.3, -0.25) is 19.3 Å². The van der Waals surface area contributed by atoms with Crippen LogP contribution in [0.4, 0.5) is 11.5 Å². The van der Waals surface area contributed by atoms with Crippen molar-refractivity contribution < 1.29 is 19.1 Å². The summed E-state index contributed by atoms with van der Waals surface area (Å²) < 4.78 is 5.70. The number of hydrogen-bond donors (Lipinski definition) is 1. The highest BCUT2D eigenvalue weighted by Gasteiger charge is 2.33. The minimum atomic E-state index is -0.307. The molecule has 0 aliphatic carbocycles. The molecule has 29 heavy (non-hydrogen) atoms. The molecular formula is C19H19ClN4O4S. The fourth-order valence-electron chi connectivity index (χ4n) is 3.47. The summed E-state index contributed by atoms with van der Waals surface area (Å²) in [6.45, 7) is 3.16. The zero-order valence-corrected chi connectivity index (χ0v) is 17.3. The van der Waals surface area contributed by atoms with Crippen molar-refractivity contribution in [1.29, 1.82) is 0 Å². The fraction of sp³-hybridized carbons (Fsp3) is 0.368. The molecule has 152 valence electrons. The van der Waals surface area contributed by atoms with Crippen LogP contribution >= 0.6 is 22.9 Å². The van der Waals surface area contributed by atoms with Crippen LogP contribution in [0.25, 0.3) is 0 Å². The van der Waals surface area contributed by atoms with Crippen LogP contribution in [0.2, 0.25) is 4.34 Å². The number of halogens is 1. The van der Waals surface area contributed by atoms with E-state index >= 15 is 0 Å². The number of anilines is 2. The lowest BCUT2D eigenvalue weighted by molar-refractivity contribution is -0.125. The zero-order chi connectivity index (χ0) is 20.5. The summed E-state index contributed by atoms with van der Waals surface area (Å²) in [6.07, 6.45) is 0.204. The van der Waals surface area contributed by atoms with E-state index in [4.69, 9.17) is 16.3 Å². The monoisotopic (exact) mass is 434 g/mol. The van der Waals surface area contributed by atoms with Gasteiger partial charge in [0.25, 0.3) is 11.8 Å². The first-order chi connectivity index (χ1) is 13.9. The van der Waals surface area contributed by atoms with E-state index in [1.54, 1.807) is 34.1 Å². The maximum Gasteiger partial charge on any atom is 0.261 e. The number of ether oxygens (including phenoxy) is 1. The molecule has 2 aromatic rings. The van der Waals surface area contributed by atoms with Gasteiger partial charge in [-0.25, -0.2) is 4.98 Å². The molecule has 10 heteroatoms. The Bertz CT molecular complexity index is 979. The van der Waals surface area contributed by atoms with Gasteiger partial charge in [0.15, 0.2) is 0 Å². The van der Waals surface area contributed by atoms with Crippen LogP contribution in [0.1, 0.15) is 21.8 Å². The lowest BCUT2D eigenvalue weighted by atomic mass is 10.2. The molecule has 3 amide bonds. The molecule has 2 aromatic heterocycles. The Labute approximate surface area is 176 Å². The molecule has 2 aliphatic heterocycles. The lowest BCUT2D eigenvalue weighted by Gasteiger charge is -2.28. The van der Waals surface area contributed by atoms with Crippen LogP contribution in [0.15, 0.2) is 24.3 Å². The van der Waals surface area contributed by atoms with Gasteiger partial charge in [-0.05, 0) is 31.2 Å². The third-order valence-electron chi connectivity index (χ3n) is 4.85. The van der Waals surface area contributed by atoms with E-state index in [1.807, 2.05) is 6.92 Å². The van der Waals surface area contributed by atoms with Gasteiger partial charge in [-0.1, -0.05) is 11.6 Å². The molecule has 0 spiro atoms. The number of thiophene rings is 1. The average Bonchev–Trinajstić information content (AvgIpc) is 3.28. The van der Waals surface area contributed by atoms with Gasteiger partial charge in [0.05, 0.1) is 33.2 Å². The first-order valence-corrected chi connectivity index (χ1v) is 10.3. The van der Waals surface area contributed by atoms with Crippen LogP contribution < -0.4 is 15.1 Å². The number of morpholine rings is 1. The van der Waals surface area contributed by atoms with E-state index in [2.05, 4.69) is 10.3 Å². The molecule has 1 N–H and O–H groups in total. The predicted octanol–water partition coefficient (Wildman–Crippen LogP) is 2.00. The Kier molecular flexibility index (Phi) is 5.53. The molecule has 0 bridgehead atoms. The number of pyridine rings is 1. The van der Waals surface area contributed by atoms with Crippen LogP contribution in [-0.2, 0) is 14.3 Å². The van der Waals surface area contributed by atoms with Crippen LogP contribution in [0.5, 0.6) is 0 Å². The smallest absolute Gasteiger partial charge is 0.261 e. The summed E-state index contributed by atoms with van der Waals surface area (Å²) in [4.78, 5) is 45.1. The summed E-state index contributed by atoms with van der Waals surface area (Å²) in [7, 11) is 0. The van der Waals surface area contributed by atoms with Crippen LogP contribution in [-0.4, -0.2) is 55.1 Å². The van der Waals surface area contributed by atoms with Gasteiger partial charge in [-0.15, -0.1) is 11.3 Å². The predicted molar refractivity (Wildman–Crippen MR) is 110 cm³/mol. The standard InChI is InChI=1S/C19H19ClN4O4S/c1-11-13(23-6-7-28-10-18(23)26)2-5-16(21-11)24-9-12(8-17(24)25)22-19(27)14-3-4-15(20)29-14/h2-5,12H,6-10H2,1H3,(H,22,27)/t12-/m1/s1. The quantitative estimate of drug-likeness (QED) is 0.794. The molecule has 2 saturated heterocycles. The molecule has 4 rings (SSSR count). The van der Waals surface area contributed by atoms with E-state index in [1.165, 1.54) is 11.3 Å². The van der Waals surface area contributed by atoms with Gasteiger partial charge < -0.3 is 15.0 Å². The van der Waals surface area contributed by atoms with Crippen molar-refractivity contribution in [2.45, 2.75) is 19.4 Å². The largest absolute Gasteiger partial charge is 0.370 e. The molecule has 0 radical (unpaired) electrons. The second-order valence-electron chi connectivity index (χ2n) is 6.85. The van der Waals surface area contributed by atoms with Crippen molar-refractivity contribution in [1.82, 2.24) is 10.3 Å². The highest BCUT2D eigenvalue weighted by atomic mass is 35.5. The van der Waals surface area contributed by atoms with Gasteiger partial charge in [-0.2, -0.15) is 0 Å². The van der Waals surface area contributed by atoms with E-state index in [9.17, 15) is 14.4 Å². The van der Waals surface area contributed by atoms with Crippen molar-refractivity contribution in [3.05, 3.63) is 39.2 Å². The Morgan fingerprint density at radius 3 is 2.76 bits per heavy atom. The molecule has 0 saturated carbocycles. The maximum atomic E-state index is 12.5. The Hall–Kier alpha value is -2.49. The number of nitrogens with zero attached hydrogens (tertiary/aromatic N) is 3. The highest BCUT2D eigenvalue weighted by molar-refractivity contribution is 7.18. The SMILES string of the molecule is Cc1nc(N2C[C@H](NC(=O)c3ccc(Cl)s3)CC2=O)ccc1N1CCOCC1=O. The minimum absolute atomic E-state index is 0.0582. The highest BCUT2D eigenvalue weighted by Crippen LogP contribution is 2.27. The van der Waals surface area contributed by atoms with Crippen molar-refractivity contribution in [3.8, 4) is 0 Å². The topological polar surface area (TPSA) is 91.8 Å². The summed E-state index contributed by atoms with van der Waals surface area (Å²) in [5.74, 6) is 0.0453. The number of aryl methyl sites for hydroxylation is 1. The molecule has 2 aliphatic rings. The number of amides is 3. The second-order valence-corrected chi connectivity index (χ2v) is 8.57. The maximum absolute atomic E-state index is 12.5. The summed E-state index contributed by atoms with van der Waals surface area (Å²) in [5.41, 5.74) is 1.37. The normalized spacial score (nSPS) is 19.7. The fourth-order valence-corrected chi connectivity index (χ4v) is 4.41. The van der Waals surface area contributed by atoms with Crippen molar-refractivity contribution >= 4 is 52.2 Å². The van der Waals surface area contributed by atoms with E-state index in [0.29, 0.717) is 46.1 Å². The van der Waals surface area contributed by atoms with Gasteiger partial charge >= 0.3 is 0 Å². The van der Waals surface area contributed by atoms with E-state index in [-0.39, 0.29) is 36.8 Å². The number of carbonyl (C=O) groups excluding carboxylic acids is 3. The summed E-state index contributed by atoms with van der Waals surface area (Å²) in [6, 6.07) is 6.55. The third-order valence-corrected chi connectivity index (χ3v) is 6.08. The minimum Gasteiger partial charge on any atom is -0.370 e. The number of aromatic nitrogens is 1.